The molecule has 0 aliphatic heterocycles. The zero-order valence-corrected chi connectivity index (χ0v) is 11.1. The average molecular weight is 306 g/mol. The lowest BCUT2D eigenvalue weighted by atomic mass is 9.93. The first-order valence-corrected chi connectivity index (χ1v) is 6.02. The van der Waals surface area contributed by atoms with Crippen LogP contribution in [0.25, 0.3) is 0 Å². The van der Waals surface area contributed by atoms with Gasteiger partial charge in [0.15, 0.2) is 0 Å². The highest BCUT2D eigenvalue weighted by Crippen LogP contribution is 2.32. The minimum atomic E-state index is -3.20. The Morgan fingerprint density at radius 3 is 2.65 bits per heavy atom. The molecule has 2 aromatic rings. The quantitative estimate of drug-likeness (QED) is 0.945. The molecule has 1 N–H and O–H groups in total. The van der Waals surface area contributed by atoms with Gasteiger partial charge in [-0.1, -0.05) is 11.6 Å². The van der Waals surface area contributed by atoms with Crippen LogP contribution in [0.3, 0.4) is 0 Å². The molecule has 4 nitrogen and oxygen atoms in total. The van der Waals surface area contributed by atoms with Crippen LogP contribution in [0.1, 0.15) is 24.5 Å². The van der Waals surface area contributed by atoms with Crippen molar-refractivity contribution in [3.05, 3.63) is 47.0 Å². The van der Waals surface area contributed by atoms with Crippen LogP contribution in [0.5, 0.6) is 0 Å². The van der Waals surface area contributed by atoms with E-state index in [0.717, 1.165) is 6.20 Å². The zero-order valence-electron chi connectivity index (χ0n) is 10.3. The van der Waals surface area contributed by atoms with Gasteiger partial charge in [0.1, 0.15) is 5.60 Å². The van der Waals surface area contributed by atoms with E-state index in [1.165, 1.54) is 31.5 Å². The predicted molar refractivity (Wildman–Crippen MR) is 66.3 cm³/mol. The summed E-state index contributed by atoms with van der Waals surface area (Å²) < 4.78 is 38.2. The molecule has 0 amide bonds. The van der Waals surface area contributed by atoms with Crippen molar-refractivity contribution in [2.45, 2.75) is 25.2 Å². The number of aliphatic hydroxyl groups is 1. The van der Waals surface area contributed by atoms with Crippen LogP contribution >= 0.6 is 11.6 Å². The summed E-state index contributed by atoms with van der Waals surface area (Å²) >= 11 is 5.93. The fraction of sp³-hybridized carbons (Fsp3) is 0.333. The Bertz CT molecular complexity index is 603. The Balaban J connectivity index is 2.38. The lowest BCUT2D eigenvalue weighted by Crippen LogP contribution is -2.25. The van der Waals surface area contributed by atoms with Gasteiger partial charge in [0.05, 0.1) is 10.7 Å². The number of pyridine rings is 1. The summed E-state index contributed by atoms with van der Waals surface area (Å²) in [6.45, 7) is 1.39. The molecule has 0 saturated carbocycles. The smallest absolute Gasteiger partial charge is 0.289 e. The molecule has 0 aliphatic rings. The maximum Gasteiger partial charge on any atom is 0.289 e. The monoisotopic (exact) mass is 305 g/mol. The predicted octanol–water partition coefficient (Wildman–Crippen LogP) is 2.92. The summed E-state index contributed by atoms with van der Waals surface area (Å²) in [6, 6.07) is 2.73. The van der Waals surface area contributed by atoms with Crippen LogP contribution in [0.4, 0.5) is 13.2 Å². The third-order valence-electron chi connectivity index (χ3n) is 2.86. The van der Waals surface area contributed by atoms with Crippen molar-refractivity contribution in [3.8, 4) is 0 Å². The van der Waals surface area contributed by atoms with Gasteiger partial charge in [-0.2, -0.15) is 5.10 Å². The molecule has 108 valence electrons. The highest BCUT2D eigenvalue weighted by atomic mass is 35.5. The molecule has 0 bridgehead atoms. The third kappa shape index (κ3) is 2.64. The Labute approximate surface area is 117 Å². The van der Waals surface area contributed by atoms with Crippen molar-refractivity contribution >= 4 is 11.6 Å². The van der Waals surface area contributed by atoms with Gasteiger partial charge in [-0.05, 0) is 19.1 Å². The number of nitrogens with zero attached hydrogens (tertiary/aromatic N) is 3. The first-order valence-electron chi connectivity index (χ1n) is 5.64. The van der Waals surface area contributed by atoms with Gasteiger partial charge in [0.25, 0.3) is 12.7 Å². The van der Waals surface area contributed by atoms with Crippen LogP contribution in [-0.4, -0.2) is 26.3 Å². The molecule has 2 rings (SSSR count). The Morgan fingerprint density at radius 2 is 2.05 bits per heavy atom. The third-order valence-corrected chi connectivity index (χ3v) is 3.17. The van der Waals surface area contributed by atoms with E-state index in [0.29, 0.717) is 10.2 Å². The summed E-state index contributed by atoms with van der Waals surface area (Å²) in [4.78, 5) is 3.78. The fourth-order valence-corrected chi connectivity index (χ4v) is 2.06. The van der Waals surface area contributed by atoms with Crippen molar-refractivity contribution in [1.29, 1.82) is 0 Å². The van der Waals surface area contributed by atoms with E-state index in [1.54, 1.807) is 0 Å². The number of hydrogen-bond acceptors (Lipinski definition) is 3. The number of rotatable bonds is 4. The van der Waals surface area contributed by atoms with Gasteiger partial charge in [-0.3, -0.25) is 4.98 Å². The molecule has 0 spiro atoms. The van der Waals surface area contributed by atoms with Crippen LogP contribution in [0, 0.1) is 0 Å². The molecule has 0 fully saturated rings. The van der Waals surface area contributed by atoms with E-state index in [-0.39, 0.29) is 10.7 Å². The van der Waals surface area contributed by atoms with Crippen molar-refractivity contribution in [2.75, 3.05) is 0 Å². The maximum absolute atomic E-state index is 13.2. The van der Waals surface area contributed by atoms with Crippen LogP contribution in [-0.2, 0) is 5.60 Å². The lowest BCUT2D eigenvalue weighted by Gasteiger charge is -2.22. The molecule has 2 aromatic heterocycles. The van der Waals surface area contributed by atoms with Crippen molar-refractivity contribution in [1.82, 2.24) is 14.8 Å². The molecule has 0 saturated heterocycles. The Hall–Kier alpha value is -1.60. The van der Waals surface area contributed by atoms with Crippen molar-refractivity contribution in [2.24, 2.45) is 0 Å². The van der Waals surface area contributed by atoms with E-state index in [4.69, 9.17) is 11.6 Å². The summed E-state index contributed by atoms with van der Waals surface area (Å²) in [5.74, 6) is 0. The number of aromatic nitrogens is 3. The zero-order chi connectivity index (χ0) is 14.9. The minimum absolute atomic E-state index is 0.00824. The largest absolute Gasteiger partial charge is 0.379 e. The molecule has 20 heavy (non-hydrogen) atoms. The number of halogens is 4. The SMILES string of the molecule is CC(O)(c1ccn(C(F)C(F)F)n1)c1ccncc1Cl. The summed E-state index contributed by atoms with van der Waals surface area (Å²) in [7, 11) is 0. The summed E-state index contributed by atoms with van der Waals surface area (Å²) in [5.41, 5.74) is -1.34. The lowest BCUT2D eigenvalue weighted by molar-refractivity contribution is -0.000746. The molecular formula is C12H11ClF3N3O. The second-order valence-electron chi connectivity index (χ2n) is 4.32. The van der Waals surface area contributed by atoms with Gasteiger partial charge < -0.3 is 5.11 Å². The molecule has 0 radical (unpaired) electrons. The first-order chi connectivity index (χ1) is 9.34. The highest BCUT2D eigenvalue weighted by Gasteiger charge is 2.32. The molecule has 0 aliphatic carbocycles. The van der Waals surface area contributed by atoms with Gasteiger partial charge in [-0.15, -0.1) is 0 Å². The van der Waals surface area contributed by atoms with Gasteiger partial charge in [0.2, 0.25) is 0 Å². The van der Waals surface area contributed by atoms with Gasteiger partial charge >= 0.3 is 0 Å². The maximum atomic E-state index is 13.2. The second kappa shape index (κ2) is 5.41. The average Bonchev–Trinajstić information content (AvgIpc) is 2.88. The van der Waals surface area contributed by atoms with Crippen molar-refractivity contribution < 1.29 is 18.3 Å². The van der Waals surface area contributed by atoms with Crippen molar-refractivity contribution in [3.63, 3.8) is 0 Å². The highest BCUT2D eigenvalue weighted by molar-refractivity contribution is 6.31. The second-order valence-corrected chi connectivity index (χ2v) is 4.72. The summed E-state index contributed by atoms with van der Waals surface area (Å²) in [6.07, 6.45) is -1.97. The minimum Gasteiger partial charge on any atom is -0.379 e. The summed E-state index contributed by atoms with van der Waals surface area (Å²) in [5, 5.41) is 14.3. The van der Waals surface area contributed by atoms with Gasteiger partial charge in [-0.25, -0.2) is 17.9 Å². The van der Waals surface area contributed by atoms with E-state index in [2.05, 4.69) is 10.1 Å². The molecule has 2 atom stereocenters. The first kappa shape index (κ1) is 14.8. The topological polar surface area (TPSA) is 50.9 Å². The van der Waals surface area contributed by atoms with Crippen LogP contribution < -0.4 is 0 Å². The fourth-order valence-electron chi connectivity index (χ4n) is 1.76. The van der Waals surface area contributed by atoms with E-state index < -0.39 is 18.3 Å². The molecule has 0 aromatic carbocycles. The van der Waals surface area contributed by atoms with E-state index in [9.17, 15) is 18.3 Å². The van der Waals surface area contributed by atoms with Crippen LogP contribution in [0.2, 0.25) is 5.02 Å². The normalized spacial score (nSPS) is 16.1. The molecule has 2 heterocycles. The molecular weight excluding hydrogens is 295 g/mol. The van der Waals surface area contributed by atoms with E-state index in [1.807, 2.05) is 0 Å². The number of hydrogen-bond donors (Lipinski definition) is 1. The van der Waals surface area contributed by atoms with E-state index >= 15 is 0 Å². The van der Waals surface area contributed by atoms with Crippen LogP contribution in [0.15, 0.2) is 30.7 Å². The Morgan fingerprint density at radius 1 is 1.35 bits per heavy atom. The van der Waals surface area contributed by atoms with Gasteiger partial charge in [0, 0.05) is 24.2 Å². The number of alkyl halides is 3. The standard InChI is InChI=1S/C12H11ClF3N3O/c1-12(20,7-2-4-17-6-8(7)13)9-3-5-19(18-9)11(16)10(14)15/h2-6,10-11,20H,1H3. The Kier molecular flexibility index (Phi) is 4.01. The molecule has 2 unspecified atom stereocenters. The molecule has 8 heteroatoms.